The van der Waals surface area contributed by atoms with Crippen LogP contribution in [0.4, 0.5) is 10.1 Å². The Morgan fingerprint density at radius 1 is 1.42 bits per heavy atom. The molecule has 3 aromatic rings. The summed E-state index contributed by atoms with van der Waals surface area (Å²) in [4.78, 5) is 13.6. The van der Waals surface area contributed by atoms with Crippen LogP contribution in [0.1, 0.15) is 23.4 Å². The van der Waals surface area contributed by atoms with Gasteiger partial charge in [-0.3, -0.25) is 9.89 Å². The first-order valence-electron chi connectivity index (χ1n) is 8.47. The molecule has 5 nitrogen and oxygen atoms in total. The van der Waals surface area contributed by atoms with E-state index in [4.69, 9.17) is 0 Å². The highest BCUT2D eigenvalue weighted by Crippen LogP contribution is 2.46. The van der Waals surface area contributed by atoms with Crippen LogP contribution in [0.5, 0.6) is 0 Å². The third kappa shape index (κ3) is 3.15. The highest BCUT2D eigenvalue weighted by molar-refractivity contribution is 7.10. The third-order valence-corrected chi connectivity index (χ3v) is 5.56. The fraction of sp³-hybridized carbons (Fsp3) is 0.263. The highest BCUT2D eigenvalue weighted by Gasteiger charge is 2.49. The Balaban J connectivity index is 1.62. The van der Waals surface area contributed by atoms with Gasteiger partial charge >= 0.3 is 0 Å². The minimum Gasteiger partial charge on any atom is -0.323 e. The number of fused-ring (bicyclic) bond motifs is 1. The summed E-state index contributed by atoms with van der Waals surface area (Å²) in [6, 6.07) is 7.01. The van der Waals surface area contributed by atoms with Crippen molar-refractivity contribution in [1.29, 1.82) is 0 Å². The normalized spacial score (nSPS) is 15.6. The molecular weight excluding hydrogens is 351 g/mol. The second kappa shape index (κ2) is 6.66. The molecule has 1 aromatic carbocycles. The Hall–Kier alpha value is -2.51. The van der Waals surface area contributed by atoms with E-state index in [1.165, 1.54) is 6.07 Å². The zero-order valence-electron chi connectivity index (χ0n) is 14.3. The summed E-state index contributed by atoms with van der Waals surface area (Å²) in [7, 11) is 1.82. The predicted octanol–water partition coefficient (Wildman–Crippen LogP) is 3.87. The van der Waals surface area contributed by atoms with E-state index >= 15 is 0 Å². The summed E-state index contributed by atoms with van der Waals surface area (Å²) in [5.41, 5.74) is 1.09. The van der Waals surface area contributed by atoms with Gasteiger partial charge in [0.05, 0.1) is 22.3 Å². The SMILES string of the molecule is CNCC1(C(=O)Nc2cc3c(/C=C/c4cccs4)n[nH]c3cc2F)CC1. The minimum atomic E-state index is -0.469. The largest absolute Gasteiger partial charge is 0.323 e. The molecule has 0 bridgehead atoms. The molecule has 7 heteroatoms. The highest BCUT2D eigenvalue weighted by atomic mass is 32.1. The molecule has 2 aromatic heterocycles. The average Bonchev–Trinajstić information content (AvgIpc) is 3.04. The van der Waals surface area contributed by atoms with Gasteiger partial charge in [0, 0.05) is 22.9 Å². The maximum absolute atomic E-state index is 14.4. The van der Waals surface area contributed by atoms with Gasteiger partial charge in [-0.05, 0) is 49.6 Å². The van der Waals surface area contributed by atoms with Crippen molar-refractivity contribution in [2.24, 2.45) is 5.41 Å². The second-order valence-electron chi connectivity index (χ2n) is 6.60. The maximum Gasteiger partial charge on any atom is 0.231 e. The standard InChI is InChI=1S/C19H19FN4OS/c1-21-11-19(6-7-19)18(25)22-17-9-13-15(5-4-12-3-2-8-26-12)23-24-16(13)10-14(17)20/h2-5,8-10,21H,6-7,11H2,1H3,(H,22,25)(H,23,24)/b5-4+. The molecule has 3 N–H and O–H groups in total. The number of nitrogens with one attached hydrogen (secondary N) is 3. The number of anilines is 1. The molecule has 1 aliphatic carbocycles. The van der Waals surface area contributed by atoms with E-state index in [1.54, 1.807) is 17.4 Å². The molecule has 4 rings (SSSR count). The number of hydrogen-bond donors (Lipinski definition) is 3. The summed E-state index contributed by atoms with van der Waals surface area (Å²) in [6.45, 7) is 0.600. The molecule has 0 saturated heterocycles. The number of thiophene rings is 1. The van der Waals surface area contributed by atoms with Crippen molar-refractivity contribution >= 4 is 46.0 Å². The lowest BCUT2D eigenvalue weighted by molar-refractivity contribution is -0.121. The first kappa shape index (κ1) is 16.9. The number of carbonyl (C=O) groups excluding carboxylic acids is 1. The van der Waals surface area contributed by atoms with E-state index in [0.29, 0.717) is 17.8 Å². The third-order valence-electron chi connectivity index (χ3n) is 4.73. The van der Waals surface area contributed by atoms with Gasteiger partial charge in [0.25, 0.3) is 0 Å². The van der Waals surface area contributed by atoms with Crippen molar-refractivity contribution in [2.75, 3.05) is 18.9 Å². The zero-order chi connectivity index (χ0) is 18.1. The van der Waals surface area contributed by atoms with Gasteiger partial charge in [-0.15, -0.1) is 11.3 Å². The lowest BCUT2D eigenvalue weighted by atomic mass is 10.1. The van der Waals surface area contributed by atoms with Crippen LogP contribution in [0, 0.1) is 11.2 Å². The van der Waals surface area contributed by atoms with E-state index in [2.05, 4.69) is 20.8 Å². The van der Waals surface area contributed by atoms with Crippen LogP contribution in [-0.2, 0) is 4.79 Å². The number of rotatable bonds is 6. The van der Waals surface area contributed by atoms with Crippen LogP contribution in [0.25, 0.3) is 23.1 Å². The van der Waals surface area contributed by atoms with Crippen LogP contribution in [0.15, 0.2) is 29.6 Å². The van der Waals surface area contributed by atoms with E-state index in [9.17, 15) is 9.18 Å². The van der Waals surface area contributed by atoms with E-state index in [0.717, 1.165) is 23.1 Å². The molecule has 0 aliphatic heterocycles. The van der Waals surface area contributed by atoms with Gasteiger partial charge in [-0.1, -0.05) is 6.07 Å². The molecule has 0 radical (unpaired) electrons. The second-order valence-corrected chi connectivity index (χ2v) is 7.58. The summed E-state index contributed by atoms with van der Waals surface area (Å²) in [6.07, 6.45) is 5.50. The van der Waals surface area contributed by atoms with E-state index in [-0.39, 0.29) is 11.6 Å². The Kier molecular flexibility index (Phi) is 4.34. The van der Waals surface area contributed by atoms with Crippen molar-refractivity contribution < 1.29 is 9.18 Å². The smallest absolute Gasteiger partial charge is 0.231 e. The Labute approximate surface area is 154 Å². The number of amides is 1. The van der Waals surface area contributed by atoms with Crippen molar-refractivity contribution in [3.63, 3.8) is 0 Å². The Bertz CT molecular complexity index is 973. The summed E-state index contributed by atoms with van der Waals surface area (Å²) >= 11 is 1.63. The molecule has 1 saturated carbocycles. The van der Waals surface area contributed by atoms with Gasteiger partial charge in [-0.2, -0.15) is 5.10 Å². The molecule has 1 aliphatic rings. The van der Waals surface area contributed by atoms with Crippen LogP contribution in [-0.4, -0.2) is 29.7 Å². The number of H-pyrrole nitrogens is 1. The molecule has 26 heavy (non-hydrogen) atoms. The van der Waals surface area contributed by atoms with E-state index < -0.39 is 11.2 Å². The average molecular weight is 370 g/mol. The molecular formula is C19H19FN4OS. The number of aromatic nitrogens is 2. The molecule has 0 unspecified atom stereocenters. The monoisotopic (exact) mass is 370 g/mol. The van der Waals surface area contributed by atoms with Gasteiger partial charge in [0.1, 0.15) is 5.82 Å². The number of nitrogens with zero attached hydrogens (tertiary/aromatic N) is 1. The Morgan fingerprint density at radius 2 is 2.27 bits per heavy atom. The fourth-order valence-corrected chi connectivity index (χ4v) is 3.67. The van der Waals surface area contributed by atoms with Crippen LogP contribution >= 0.6 is 11.3 Å². The number of carbonyl (C=O) groups is 1. The van der Waals surface area contributed by atoms with Gasteiger partial charge in [0.15, 0.2) is 0 Å². The molecule has 1 fully saturated rings. The maximum atomic E-state index is 14.4. The molecule has 134 valence electrons. The van der Waals surface area contributed by atoms with Crippen LogP contribution in [0.2, 0.25) is 0 Å². The summed E-state index contributed by atoms with van der Waals surface area (Å²) in [5.74, 6) is -0.604. The van der Waals surface area contributed by atoms with Crippen molar-refractivity contribution in [2.45, 2.75) is 12.8 Å². The first-order valence-corrected chi connectivity index (χ1v) is 9.34. The van der Waals surface area contributed by atoms with Crippen molar-refractivity contribution in [3.05, 3.63) is 46.0 Å². The predicted molar refractivity (Wildman–Crippen MR) is 104 cm³/mol. The molecule has 0 spiro atoms. The molecule has 1 amide bonds. The minimum absolute atomic E-state index is 0.135. The van der Waals surface area contributed by atoms with Crippen molar-refractivity contribution in [3.8, 4) is 0 Å². The van der Waals surface area contributed by atoms with Gasteiger partial charge in [0.2, 0.25) is 5.91 Å². The number of aromatic amines is 1. The topological polar surface area (TPSA) is 69.8 Å². The zero-order valence-corrected chi connectivity index (χ0v) is 15.1. The first-order chi connectivity index (χ1) is 12.6. The number of halogens is 1. The van der Waals surface area contributed by atoms with Crippen LogP contribution in [0.3, 0.4) is 0 Å². The Morgan fingerprint density at radius 3 is 2.96 bits per heavy atom. The number of benzene rings is 1. The molecule has 0 atom stereocenters. The van der Waals surface area contributed by atoms with Crippen molar-refractivity contribution in [1.82, 2.24) is 15.5 Å². The van der Waals surface area contributed by atoms with E-state index in [1.807, 2.05) is 36.7 Å². The molecule has 2 heterocycles. The van der Waals surface area contributed by atoms with Gasteiger partial charge < -0.3 is 10.6 Å². The van der Waals surface area contributed by atoms with Gasteiger partial charge in [-0.25, -0.2) is 4.39 Å². The summed E-state index contributed by atoms with van der Waals surface area (Å²) in [5, 5.41) is 15.7. The lowest BCUT2D eigenvalue weighted by Gasteiger charge is -2.15. The number of hydrogen-bond acceptors (Lipinski definition) is 4. The fourth-order valence-electron chi connectivity index (χ4n) is 3.06. The summed E-state index contributed by atoms with van der Waals surface area (Å²) < 4.78 is 14.4. The lowest BCUT2D eigenvalue weighted by Crippen LogP contribution is -2.32. The quantitative estimate of drug-likeness (QED) is 0.617. The van der Waals surface area contributed by atoms with Crippen LogP contribution < -0.4 is 10.6 Å².